The Labute approximate surface area is 90.0 Å². The molecule has 15 heavy (non-hydrogen) atoms. The van der Waals surface area contributed by atoms with Gasteiger partial charge in [-0.25, -0.2) is 4.79 Å². The topological polar surface area (TPSA) is 66.4 Å². The molecule has 2 atom stereocenters. The number of hydrogen-bond donors (Lipinski definition) is 2. The van der Waals surface area contributed by atoms with Crippen LogP contribution in [0, 0.1) is 17.8 Å². The van der Waals surface area contributed by atoms with E-state index in [-0.39, 0.29) is 17.7 Å². The Morgan fingerprint density at radius 1 is 1.27 bits per heavy atom. The first kappa shape index (κ1) is 12.0. The van der Waals surface area contributed by atoms with Gasteiger partial charge in [-0.2, -0.15) is 0 Å². The summed E-state index contributed by atoms with van der Waals surface area (Å²) in [7, 11) is 0. The zero-order chi connectivity index (χ0) is 11.6. The first-order valence-corrected chi connectivity index (χ1v) is 5.46. The molecule has 4 nitrogen and oxygen atoms in total. The van der Waals surface area contributed by atoms with Crippen LogP contribution in [0.15, 0.2) is 0 Å². The van der Waals surface area contributed by atoms with Crippen LogP contribution in [0.25, 0.3) is 0 Å². The van der Waals surface area contributed by atoms with Gasteiger partial charge in [0.25, 0.3) is 0 Å². The van der Waals surface area contributed by atoms with Crippen molar-refractivity contribution in [3.8, 4) is 0 Å². The number of nitrogens with one attached hydrogen (secondary N) is 1. The number of carbonyl (C=O) groups excluding carboxylic acids is 1. The Morgan fingerprint density at radius 3 is 2.13 bits per heavy atom. The number of carboxylic acid groups (broad SMARTS) is 1. The fourth-order valence-corrected chi connectivity index (χ4v) is 1.61. The Balaban J connectivity index is 2.49. The number of carbonyl (C=O) groups is 2. The van der Waals surface area contributed by atoms with Crippen molar-refractivity contribution in [1.29, 1.82) is 0 Å². The monoisotopic (exact) mass is 213 g/mol. The van der Waals surface area contributed by atoms with E-state index in [9.17, 15) is 9.59 Å². The zero-order valence-electron chi connectivity index (χ0n) is 9.49. The summed E-state index contributed by atoms with van der Waals surface area (Å²) in [4.78, 5) is 22.5. The molecule has 1 aliphatic carbocycles. The highest BCUT2D eigenvalue weighted by molar-refractivity contribution is 5.85. The summed E-state index contributed by atoms with van der Waals surface area (Å²) in [5.74, 6) is -0.755. The van der Waals surface area contributed by atoms with Crippen LogP contribution < -0.4 is 5.32 Å². The maximum Gasteiger partial charge on any atom is 0.326 e. The van der Waals surface area contributed by atoms with Crippen molar-refractivity contribution in [1.82, 2.24) is 5.32 Å². The normalized spacial score (nSPS) is 19.7. The maximum absolute atomic E-state index is 11.7. The van der Waals surface area contributed by atoms with E-state index in [1.54, 1.807) is 13.8 Å². The summed E-state index contributed by atoms with van der Waals surface area (Å²) in [5.41, 5.74) is 0. The molecule has 86 valence electrons. The van der Waals surface area contributed by atoms with Crippen LogP contribution in [0.1, 0.15) is 33.6 Å². The van der Waals surface area contributed by atoms with Gasteiger partial charge in [0, 0.05) is 5.92 Å². The van der Waals surface area contributed by atoms with Gasteiger partial charge in [-0.15, -0.1) is 0 Å². The molecule has 4 heteroatoms. The lowest BCUT2D eigenvalue weighted by Gasteiger charge is -2.20. The molecule has 1 rings (SSSR count). The SMILES string of the molecule is CC(C(=O)N[C@H](C(=O)O)C(C)C)C1CC1. The third-order valence-electron chi connectivity index (χ3n) is 2.97. The number of hydrogen-bond acceptors (Lipinski definition) is 2. The van der Waals surface area contributed by atoms with Gasteiger partial charge in [0.1, 0.15) is 6.04 Å². The molecule has 1 fully saturated rings. The molecule has 1 amide bonds. The Morgan fingerprint density at radius 2 is 1.80 bits per heavy atom. The molecule has 0 spiro atoms. The molecule has 2 N–H and O–H groups in total. The van der Waals surface area contributed by atoms with Gasteiger partial charge in [0.2, 0.25) is 5.91 Å². The molecule has 0 aliphatic heterocycles. The summed E-state index contributed by atoms with van der Waals surface area (Å²) in [6, 6.07) is -0.765. The Hall–Kier alpha value is -1.06. The zero-order valence-corrected chi connectivity index (χ0v) is 9.49. The second-order valence-corrected chi connectivity index (χ2v) is 4.69. The first-order valence-electron chi connectivity index (χ1n) is 5.46. The van der Waals surface area contributed by atoms with Crippen LogP contribution >= 0.6 is 0 Å². The van der Waals surface area contributed by atoms with Crippen molar-refractivity contribution in [2.24, 2.45) is 17.8 Å². The largest absolute Gasteiger partial charge is 0.480 e. The molecular formula is C11H19NO3. The van der Waals surface area contributed by atoms with Crippen molar-refractivity contribution in [3.05, 3.63) is 0 Å². The lowest BCUT2D eigenvalue weighted by Crippen LogP contribution is -2.46. The first-order chi connectivity index (χ1) is 6.93. The molecule has 0 aromatic rings. The summed E-state index contributed by atoms with van der Waals surface area (Å²) in [6.45, 7) is 5.45. The molecule has 0 saturated heterocycles. The number of aliphatic carboxylic acids is 1. The summed E-state index contributed by atoms with van der Waals surface area (Å²) < 4.78 is 0. The van der Waals surface area contributed by atoms with Crippen LogP contribution in [-0.2, 0) is 9.59 Å². The molecule has 1 saturated carbocycles. The van der Waals surface area contributed by atoms with Gasteiger partial charge >= 0.3 is 5.97 Å². The van der Waals surface area contributed by atoms with Crippen LogP contribution in [0.2, 0.25) is 0 Å². The van der Waals surface area contributed by atoms with Gasteiger partial charge in [-0.1, -0.05) is 20.8 Å². The molecule has 0 heterocycles. The van der Waals surface area contributed by atoms with Crippen molar-refractivity contribution in [2.75, 3.05) is 0 Å². The average Bonchev–Trinajstić information content (AvgIpc) is 2.94. The predicted octanol–water partition coefficient (Wildman–Crippen LogP) is 1.26. The molecular weight excluding hydrogens is 194 g/mol. The van der Waals surface area contributed by atoms with Crippen molar-refractivity contribution >= 4 is 11.9 Å². The lowest BCUT2D eigenvalue weighted by molar-refractivity contribution is -0.143. The van der Waals surface area contributed by atoms with E-state index in [2.05, 4.69) is 5.32 Å². The number of rotatable bonds is 5. The van der Waals surface area contributed by atoms with E-state index in [1.807, 2.05) is 6.92 Å². The van der Waals surface area contributed by atoms with E-state index in [4.69, 9.17) is 5.11 Å². The number of carboxylic acids is 1. The average molecular weight is 213 g/mol. The van der Waals surface area contributed by atoms with E-state index in [1.165, 1.54) is 0 Å². The van der Waals surface area contributed by atoms with Gasteiger partial charge < -0.3 is 10.4 Å². The van der Waals surface area contributed by atoms with Crippen molar-refractivity contribution in [3.63, 3.8) is 0 Å². The highest BCUT2D eigenvalue weighted by Gasteiger charge is 2.34. The van der Waals surface area contributed by atoms with E-state index < -0.39 is 12.0 Å². The van der Waals surface area contributed by atoms with Crippen LogP contribution in [0.4, 0.5) is 0 Å². The van der Waals surface area contributed by atoms with Gasteiger partial charge in [0.15, 0.2) is 0 Å². The summed E-state index contributed by atoms with van der Waals surface area (Å²) in [6.07, 6.45) is 2.18. The molecule has 0 radical (unpaired) electrons. The van der Waals surface area contributed by atoms with E-state index in [0.29, 0.717) is 5.92 Å². The second kappa shape index (κ2) is 4.64. The minimum absolute atomic E-state index is 0.0504. The molecule has 0 aromatic heterocycles. The highest BCUT2D eigenvalue weighted by atomic mass is 16.4. The smallest absolute Gasteiger partial charge is 0.326 e. The minimum atomic E-state index is -0.957. The third kappa shape index (κ3) is 3.22. The van der Waals surface area contributed by atoms with E-state index in [0.717, 1.165) is 12.8 Å². The lowest BCUT2D eigenvalue weighted by atomic mass is 10.0. The summed E-state index contributed by atoms with van der Waals surface area (Å²) in [5, 5.41) is 11.5. The molecule has 0 bridgehead atoms. The third-order valence-corrected chi connectivity index (χ3v) is 2.97. The predicted molar refractivity (Wildman–Crippen MR) is 56.3 cm³/mol. The van der Waals surface area contributed by atoms with Crippen molar-refractivity contribution in [2.45, 2.75) is 39.7 Å². The fourth-order valence-electron chi connectivity index (χ4n) is 1.61. The molecule has 1 aliphatic rings. The molecule has 1 unspecified atom stereocenters. The van der Waals surface area contributed by atoms with Crippen LogP contribution in [-0.4, -0.2) is 23.0 Å². The van der Waals surface area contributed by atoms with Gasteiger partial charge in [-0.05, 0) is 24.7 Å². The minimum Gasteiger partial charge on any atom is -0.480 e. The second-order valence-electron chi connectivity index (χ2n) is 4.69. The van der Waals surface area contributed by atoms with Gasteiger partial charge in [-0.3, -0.25) is 4.79 Å². The standard InChI is InChI=1S/C11H19NO3/c1-6(2)9(11(14)15)12-10(13)7(3)8-4-5-8/h6-9H,4-5H2,1-3H3,(H,12,13)(H,14,15)/t7?,9-/m0/s1. The van der Waals surface area contributed by atoms with E-state index >= 15 is 0 Å². The maximum atomic E-state index is 11.7. The van der Waals surface area contributed by atoms with Crippen molar-refractivity contribution < 1.29 is 14.7 Å². The highest BCUT2D eigenvalue weighted by Crippen LogP contribution is 2.36. The Kier molecular flexibility index (Phi) is 3.72. The Bertz CT molecular complexity index is 259. The fraction of sp³-hybridized carbons (Fsp3) is 0.818. The van der Waals surface area contributed by atoms with Crippen LogP contribution in [0.3, 0.4) is 0 Å². The van der Waals surface area contributed by atoms with Crippen LogP contribution in [0.5, 0.6) is 0 Å². The number of amides is 1. The van der Waals surface area contributed by atoms with Gasteiger partial charge in [0.05, 0.1) is 0 Å². The quantitative estimate of drug-likeness (QED) is 0.722. The summed E-state index contributed by atoms with van der Waals surface area (Å²) >= 11 is 0. The molecule has 0 aromatic carbocycles.